The van der Waals surface area contributed by atoms with Gasteiger partial charge in [-0.25, -0.2) is 9.97 Å². The van der Waals surface area contributed by atoms with Gasteiger partial charge in [0.25, 0.3) is 0 Å². The number of nitrogens with zero attached hydrogens (tertiary/aromatic N) is 4. The number of anilines is 6. The molecule has 8 aromatic carbocycles. The van der Waals surface area contributed by atoms with Gasteiger partial charge in [0.05, 0.1) is 20.4 Å². The minimum Gasteiger partial charge on any atom is -0.310 e. The molecule has 0 saturated heterocycles. The molecule has 0 amide bonds. The summed E-state index contributed by atoms with van der Waals surface area (Å²) in [6, 6.07) is 69.7. The van der Waals surface area contributed by atoms with E-state index in [9.17, 15) is 0 Å². The second-order valence-electron chi connectivity index (χ2n) is 15.5. The number of fused-ring (bicyclic) bond motifs is 5. The Morgan fingerprint density at radius 2 is 0.729 bits per heavy atom. The van der Waals surface area contributed by atoms with Crippen LogP contribution in [0.1, 0.15) is 25.0 Å². The van der Waals surface area contributed by atoms with Crippen molar-refractivity contribution in [1.82, 2.24) is 9.97 Å². The first kappa shape index (κ1) is 35.3. The predicted octanol–water partition coefficient (Wildman–Crippen LogP) is 15.5. The monoisotopic (exact) mass is 794 g/mol. The van der Waals surface area contributed by atoms with Crippen molar-refractivity contribution >= 4 is 77.2 Å². The van der Waals surface area contributed by atoms with Gasteiger partial charge in [0.15, 0.2) is 0 Å². The average molecular weight is 795 g/mol. The highest BCUT2D eigenvalue weighted by molar-refractivity contribution is 7.22. The molecule has 1 aliphatic carbocycles. The van der Waals surface area contributed by atoms with Crippen molar-refractivity contribution < 1.29 is 0 Å². The van der Waals surface area contributed by atoms with Crippen molar-refractivity contribution in [3.05, 3.63) is 205 Å². The summed E-state index contributed by atoms with van der Waals surface area (Å²) in [4.78, 5) is 14.6. The van der Waals surface area contributed by atoms with Crippen molar-refractivity contribution in [3.63, 3.8) is 0 Å². The van der Waals surface area contributed by atoms with Gasteiger partial charge in [-0.3, -0.25) is 0 Å². The zero-order valence-corrected chi connectivity index (χ0v) is 34.2. The maximum atomic E-state index is 4.92. The van der Waals surface area contributed by atoms with Crippen LogP contribution in [0, 0.1) is 0 Å². The number of benzene rings is 8. The van der Waals surface area contributed by atoms with Gasteiger partial charge in [-0.15, -0.1) is 22.7 Å². The average Bonchev–Trinajstić information content (AvgIpc) is 3.98. The zero-order chi connectivity index (χ0) is 39.5. The van der Waals surface area contributed by atoms with Crippen LogP contribution in [0.4, 0.5) is 34.1 Å². The summed E-state index contributed by atoms with van der Waals surface area (Å²) in [6.45, 7) is 4.73. The van der Waals surface area contributed by atoms with E-state index in [0.717, 1.165) is 66.3 Å². The summed E-state index contributed by atoms with van der Waals surface area (Å²) in [5.74, 6) is 0. The van der Waals surface area contributed by atoms with Crippen LogP contribution in [0.2, 0.25) is 0 Å². The molecular weight excluding hydrogens is 757 g/mol. The molecule has 0 atom stereocenters. The molecule has 59 heavy (non-hydrogen) atoms. The van der Waals surface area contributed by atoms with Gasteiger partial charge < -0.3 is 9.80 Å². The first-order valence-corrected chi connectivity index (χ1v) is 21.5. The minimum atomic E-state index is -0.241. The Bertz CT molecular complexity index is 2850. The van der Waals surface area contributed by atoms with E-state index < -0.39 is 0 Å². The standard InChI is InChI=1S/C53H38N4S2/c1-53(2)45-33-41(56(37-13-5-3-6-14-37)39-25-21-35(22-26-39)51-54-47-17-9-11-19-49(47)58-51)29-31-43(45)44-32-30-42(34-46(44)53)57(38-15-7-4-8-16-38)40-27-23-36(24-28-40)52-55-48-18-10-12-20-50(48)59-52/h3-34H,1-2H3. The molecule has 0 bridgehead atoms. The molecule has 10 aromatic rings. The lowest BCUT2D eigenvalue weighted by atomic mass is 9.82. The molecule has 6 heteroatoms. The van der Waals surface area contributed by atoms with Crippen LogP contribution in [-0.2, 0) is 5.41 Å². The van der Waals surface area contributed by atoms with Gasteiger partial charge in [0.2, 0.25) is 0 Å². The number of aromatic nitrogens is 2. The molecule has 0 fully saturated rings. The molecule has 11 rings (SSSR count). The number of para-hydroxylation sites is 4. The third-order valence-corrected chi connectivity index (χ3v) is 13.7. The van der Waals surface area contributed by atoms with E-state index >= 15 is 0 Å². The summed E-state index contributed by atoms with van der Waals surface area (Å²) >= 11 is 3.47. The Kier molecular flexibility index (Phi) is 8.50. The molecule has 0 spiro atoms. The predicted molar refractivity (Wildman–Crippen MR) is 251 cm³/mol. The fourth-order valence-corrected chi connectivity index (χ4v) is 10.5. The van der Waals surface area contributed by atoms with Gasteiger partial charge in [-0.05, 0) is 144 Å². The lowest BCUT2D eigenvalue weighted by Crippen LogP contribution is -2.17. The largest absolute Gasteiger partial charge is 0.310 e. The second kappa shape index (κ2) is 14.2. The lowest BCUT2D eigenvalue weighted by Gasteiger charge is -2.29. The quantitative estimate of drug-likeness (QED) is 0.153. The smallest absolute Gasteiger partial charge is 0.124 e. The summed E-state index contributed by atoms with van der Waals surface area (Å²) in [6.07, 6.45) is 0. The fourth-order valence-electron chi connectivity index (χ4n) is 8.54. The van der Waals surface area contributed by atoms with E-state index in [0.29, 0.717) is 0 Å². The highest BCUT2D eigenvalue weighted by atomic mass is 32.1. The van der Waals surface area contributed by atoms with Crippen molar-refractivity contribution in [2.45, 2.75) is 19.3 Å². The van der Waals surface area contributed by atoms with E-state index in [1.165, 1.54) is 31.7 Å². The molecule has 2 aromatic heterocycles. The highest BCUT2D eigenvalue weighted by Crippen LogP contribution is 2.52. The minimum absolute atomic E-state index is 0.241. The van der Waals surface area contributed by atoms with Crippen LogP contribution in [0.3, 0.4) is 0 Å². The Morgan fingerprint density at radius 1 is 0.373 bits per heavy atom. The van der Waals surface area contributed by atoms with E-state index in [2.05, 4.69) is 206 Å². The molecule has 0 N–H and O–H groups in total. The van der Waals surface area contributed by atoms with Crippen molar-refractivity contribution in [3.8, 4) is 32.3 Å². The highest BCUT2D eigenvalue weighted by Gasteiger charge is 2.37. The second-order valence-corrected chi connectivity index (χ2v) is 17.6. The SMILES string of the molecule is CC1(C)c2cc(N(c3ccccc3)c3ccc(-c4nc5ccccc5s4)cc3)ccc2-c2ccc(N(c3ccccc3)c3ccc(-c4nc5ccccc5s4)cc3)cc21. The summed E-state index contributed by atoms with van der Waals surface area (Å²) < 4.78 is 2.41. The lowest BCUT2D eigenvalue weighted by molar-refractivity contribution is 0.660. The van der Waals surface area contributed by atoms with Gasteiger partial charge in [-0.1, -0.05) is 86.6 Å². The summed E-state index contributed by atoms with van der Waals surface area (Å²) in [5.41, 5.74) is 16.0. The van der Waals surface area contributed by atoms with Crippen molar-refractivity contribution in [2.24, 2.45) is 0 Å². The molecule has 2 heterocycles. The molecule has 0 unspecified atom stereocenters. The topological polar surface area (TPSA) is 32.3 Å². The molecule has 0 aliphatic heterocycles. The molecule has 1 aliphatic rings. The van der Waals surface area contributed by atoms with Crippen LogP contribution in [0.5, 0.6) is 0 Å². The van der Waals surface area contributed by atoms with Gasteiger partial charge >= 0.3 is 0 Å². The first-order chi connectivity index (χ1) is 29.0. The molecular formula is C53H38N4S2. The molecule has 0 saturated carbocycles. The molecule has 282 valence electrons. The normalized spacial score (nSPS) is 12.7. The van der Waals surface area contributed by atoms with E-state index in [1.807, 2.05) is 12.1 Å². The van der Waals surface area contributed by atoms with E-state index in [4.69, 9.17) is 9.97 Å². The van der Waals surface area contributed by atoms with Crippen LogP contribution >= 0.6 is 22.7 Å². The van der Waals surface area contributed by atoms with E-state index in [-0.39, 0.29) is 5.41 Å². The van der Waals surface area contributed by atoms with Crippen molar-refractivity contribution in [2.75, 3.05) is 9.80 Å². The van der Waals surface area contributed by atoms with Crippen molar-refractivity contribution in [1.29, 1.82) is 0 Å². The van der Waals surface area contributed by atoms with Gasteiger partial charge in [-0.2, -0.15) is 0 Å². The van der Waals surface area contributed by atoms with E-state index in [1.54, 1.807) is 22.7 Å². The number of hydrogen-bond donors (Lipinski definition) is 0. The van der Waals surface area contributed by atoms with Crippen LogP contribution < -0.4 is 9.80 Å². The van der Waals surface area contributed by atoms with Crippen LogP contribution in [0.25, 0.3) is 52.7 Å². The Hall–Kier alpha value is -6.86. The summed E-state index contributed by atoms with van der Waals surface area (Å²) in [5, 5.41) is 2.07. The zero-order valence-electron chi connectivity index (χ0n) is 32.6. The summed E-state index contributed by atoms with van der Waals surface area (Å²) in [7, 11) is 0. The number of thiazole rings is 2. The maximum absolute atomic E-state index is 4.92. The van der Waals surface area contributed by atoms with Crippen LogP contribution in [-0.4, -0.2) is 9.97 Å². The molecule has 4 nitrogen and oxygen atoms in total. The van der Waals surface area contributed by atoms with Crippen LogP contribution in [0.15, 0.2) is 194 Å². The number of rotatable bonds is 8. The molecule has 0 radical (unpaired) electrons. The third kappa shape index (κ3) is 6.20. The van der Waals surface area contributed by atoms with Gasteiger partial charge in [0.1, 0.15) is 10.0 Å². The fraction of sp³-hybridized carbons (Fsp3) is 0.0566. The van der Waals surface area contributed by atoms with Gasteiger partial charge in [0, 0.05) is 50.7 Å². The third-order valence-electron chi connectivity index (χ3n) is 11.5. The number of hydrogen-bond acceptors (Lipinski definition) is 6. The Labute approximate surface area is 352 Å². The Morgan fingerprint density at radius 3 is 1.14 bits per heavy atom. The maximum Gasteiger partial charge on any atom is 0.124 e. The first-order valence-electron chi connectivity index (χ1n) is 19.9. The Balaban J connectivity index is 0.950.